The van der Waals surface area contributed by atoms with E-state index in [0.717, 1.165) is 12.1 Å². The topological polar surface area (TPSA) is 57.6 Å². The van der Waals surface area contributed by atoms with Gasteiger partial charge in [-0.2, -0.15) is 0 Å². The van der Waals surface area contributed by atoms with Crippen LogP contribution in [0.2, 0.25) is 0 Å². The van der Waals surface area contributed by atoms with Gasteiger partial charge in [-0.3, -0.25) is 9.59 Å². The summed E-state index contributed by atoms with van der Waals surface area (Å²) in [5.41, 5.74) is -0.125. The molecule has 1 N–H and O–H groups in total. The first kappa shape index (κ1) is 15.4. The van der Waals surface area contributed by atoms with Crippen LogP contribution in [0.5, 0.6) is 0 Å². The molecule has 0 saturated carbocycles. The molecule has 2 rings (SSSR count). The number of rotatable bonds is 4. The maximum atomic E-state index is 13.6. The summed E-state index contributed by atoms with van der Waals surface area (Å²) in [4.78, 5) is 24.2. The van der Waals surface area contributed by atoms with Crippen LogP contribution < -0.4 is 0 Å². The number of carbonyl (C=O) groups excluding carboxylic acids is 1. The van der Waals surface area contributed by atoms with Gasteiger partial charge in [-0.25, -0.2) is 8.78 Å². The van der Waals surface area contributed by atoms with Crippen molar-refractivity contribution in [3.63, 3.8) is 0 Å². The SMILES string of the molecule is O=C(O)CCC1CCN(C(=O)c2ccc(F)cc2F)CC1. The third-order valence-corrected chi connectivity index (χ3v) is 3.83. The molecule has 1 aromatic rings. The quantitative estimate of drug-likeness (QED) is 0.929. The molecular formula is C15H17F2NO3. The van der Waals surface area contributed by atoms with E-state index in [0.29, 0.717) is 38.4 Å². The number of amides is 1. The Kier molecular flexibility index (Phi) is 4.88. The molecule has 6 heteroatoms. The lowest BCUT2D eigenvalue weighted by atomic mass is 9.92. The van der Waals surface area contributed by atoms with E-state index in [4.69, 9.17) is 5.11 Å². The summed E-state index contributed by atoms with van der Waals surface area (Å²) in [5, 5.41) is 8.65. The highest BCUT2D eigenvalue weighted by Gasteiger charge is 2.25. The molecule has 1 amide bonds. The lowest BCUT2D eigenvalue weighted by Crippen LogP contribution is -2.39. The summed E-state index contributed by atoms with van der Waals surface area (Å²) in [6.07, 6.45) is 2.15. The number of hydrogen-bond donors (Lipinski definition) is 1. The summed E-state index contributed by atoms with van der Waals surface area (Å²) in [5.74, 6) is -2.54. The molecule has 1 aromatic carbocycles. The zero-order valence-corrected chi connectivity index (χ0v) is 11.5. The molecule has 4 nitrogen and oxygen atoms in total. The van der Waals surface area contributed by atoms with E-state index < -0.39 is 23.5 Å². The van der Waals surface area contributed by atoms with E-state index in [1.807, 2.05) is 0 Å². The van der Waals surface area contributed by atoms with E-state index in [9.17, 15) is 18.4 Å². The second kappa shape index (κ2) is 6.65. The Balaban J connectivity index is 1.92. The molecule has 0 radical (unpaired) electrons. The van der Waals surface area contributed by atoms with Crippen molar-refractivity contribution in [1.82, 2.24) is 4.90 Å². The number of carboxylic acids is 1. The summed E-state index contributed by atoms with van der Waals surface area (Å²) >= 11 is 0. The maximum Gasteiger partial charge on any atom is 0.303 e. The van der Waals surface area contributed by atoms with Crippen LogP contribution in [0.4, 0.5) is 8.78 Å². The molecule has 0 atom stereocenters. The predicted octanol–water partition coefficient (Wildman–Crippen LogP) is 2.68. The van der Waals surface area contributed by atoms with E-state index in [1.54, 1.807) is 0 Å². The minimum absolute atomic E-state index is 0.125. The zero-order valence-electron chi connectivity index (χ0n) is 11.5. The smallest absolute Gasteiger partial charge is 0.303 e. The van der Waals surface area contributed by atoms with E-state index in [1.165, 1.54) is 4.90 Å². The molecular weight excluding hydrogens is 280 g/mol. The van der Waals surface area contributed by atoms with Gasteiger partial charge < -0.3 is 10.0 Å². The highest BCUT2D eigenvalue weighted by molar-refractivity contribution is 5.94. The summed E-state index contributed by atoms with van der Waals surface area (Å²) < 4.78 is 26.4. The van der Waals surface area contributed by atoms with Crippen LogP contribution in [0.3, 0.4) is 0 Å². The molecule has 0 aliphatic carbocycles. The number of nitrogens with zero attached hydrogens (tertiary/aromatic N) is 1. The zero-order chi connectivity index (χ0) is 15.4. The van der Waals surface area contributed by atoms with Crippen molar-refractivity contribution in [3.05, 3.63) is 35.4 Å². The van der Waals surface area contributed by atoms with Crippen LogP contribution in [0, 0.1) is 17.6 Å². The second-order valence-corrected chi connectivity index (χ2v) is 5.29. The van der Waals surface area contributed by atoms with Crippen LogP contribution >= 0.6 is 0 Å². The van der Waals surface area contributed by atoms with Crippen molar-refractivity contribution < 1.29 is 23.5 Å². The van der Waals surface area contributed by atoms with Crippen LogP contribution in [0.15, 0.2) is 18.2 Å². The fourth-order valence-electron chi connectivity index (χ4n) is 2.59. The number of hydrogen-bond acceptors (Lipinski definition) is 2. The fraction of sp³-hybridized carbons (Fsp3) is 0.467. The van der Waals surface area contributed by atoms with Crippen molar-refractivity contribution >= 4 is 11.9 Å². The lowest BCUT2D eigenvalue weighted by molar-refractivity contribution is -0.137. The van der Waals surface area contributed by atoms with Crippen LogP contribution in [-0.4, -0.2) is 35.0 Å². The number of carboxylic acid groups (broad SMARTS) is 1. The van der Waals surface area contributed by atoms with Crippen molar-refractivity contribution in [2.45, 2.75) is 25.7 Å². The van der Waals surface area contributed by atoms with Gasteiger partial charge in [0.1, 0.15) is 11.6 Å². The molecule has 0 bridgehead atoms. The van der Waals surface area contributed by atoms with Gasteiger partial charge in [0.05, 0.1) is 5.56 Å². The number of carbonyl (C=O) groups is 2. The van der Waals surface area contributed by atoms with Crippen LogP contribution in [0.25, 0.3) is 0 Å². The Morgan fingerprint density at radius 2 is 1.90 bits per heavy atom. The predicted molar refractivity (Wildman–Crippen MR) is 71.9 cm³/mol. The molecule has 0 aromatic heterocycles. The first-order valence-corrected chi connectivity index (χ1v) is 6.93. The molecule has 1 aliphatic rings. The first-order valence-electron chi connectivity index (χ1n) is 6.93. The Bertz CT molecular complexity index is 540. The van der Waals surface area contributed by atoms with Gasteiger partial charge in [0.25, 0.3) is 5.91 Å². The van der Waals surface area contributed by atoms with Gasteiger partial charge in [-0.15, -0.1) is 0 Å². The van der Waals surface area contributed by atoms with E-state index in [2.05, 4.69) is 0 Å². The third-order valence-electron chi connectivity index (χ3n) is 3.83. The minimum atomic E-state index is -0.854. The Hall–Kier alpha value is -1.98. The fourth-order valence-corrected chi connectivity index (χ4v) is 2.59. The molecule has 114 valence electrons. The van der Waals surface area contributed by atoms with Gasteiger partial charge in [-0.1, -0.05) is 0 Å². The average molecular weight is 297 g/mol. The molecule has 0 unspecified atom stereocenters. The minimum Gasteiger partial charge on any atom is -0.481 e. The molecule has 1 saturated heterocycles. The van der Waals surface area contributed by atoms with E-state index in [-0.39, 0.29) is 17.9 Å². The lowest BCUT2D eigenvalue weighted by Gasteiger charge is -2.32. The van der Waals surface area contributed by atoms with Crippen molar-refractivity contribution in [1.29, 1.82) is 0 Å². The van der Waals surface area contributed by atoms with Gasteiger partial charge >= 0.3 is 5.97 Å². The van der Waals surface area contributed by atoms with Gasteiger partial charge in [0.2, 0.25) is 0 Å². The second-order valence-electron chi connectivity index (χ2n) is 5.29. The average Bonchev–Trinajstić information content (AvgIpc) is 2.45. The first-order chi connectivity index (χ1) is 9.97. The standard InChI is InChI=1S/C15H17F2NO3/c16-11-2-3-12(13(17)9-11)15(21)18-7-5-10(6-8-18)1-4-14(19)20/h2-3,9-10H,1,4-8H2,(H,19,20). The van der Waals surface area contributed by atoms with Gasteiger partial charge in [0, 0.05) is 25.6 Å². The summed E-state index contributed by atoms with van der Waals surface area (Å²) in [7, 11) is 0. The van der Waals surface area contributed by atoms with Gasteiger partial charge in [0.15, 0.2) is 0 Å². The van der Waals surface area contributed by atoms with Crippen molar-refractivity contribution in [3.8, 4) is 0 Å². The van der Waals surface area contributed by atoms with Crippen LogP contribution in [-0.2, 0) is 4.79 Å². The number of halogens is 2. The largest absolute Gasteiger partial charge is 0.481 e. The number of benzene rings is 1. The monoisotopic (exact) mass is 297 g/mol. The Labute approximate surface area is 121 Å². The Morgan fingerprint density at radius 3 is 2.48 bits per heavy atom. The molecule has 1 aliphatic heterocycles. The number of piperidine rings is 1. The molecule has 21 heavy (non-hydrogen) atoms. The number of aliphatic carboxylic acids is 1. The third kappa shape index (κ3) is 4.00. The summed E-state index contributed by atoms with van der Waals surface area (Å²) in [6.45, 7) is 0.944. The highest BCUT2D eigenvalue weighted by Crippen LogP contribution is 2.23. The summed E-state index contributed by atoms with van der Waals surface area (Å²) in [6, 6.07) is 2.92. The molecule has 0 spiro atoms. The highest BCUT2D eigenvalue weighted by atomic mass is 19.1. The van der Waals surface area contributed by atoms with Crippen molar-refractivity contribution in [2.24, 2.45) is 5.92 Å². The number of likely N-dealkylation sites (tertiary alicyclic amines) is 1. The van der Waals surface area contributed by atoms with Crippen LogP contribution in [0.1, 0.15) is 36.0 Å². The maximum absolute atomic E-state index is 13.6. The van der Waals surface area contributed by atoms with Crippen molar-refractivity contribution in [2.75, 3.05) is 13.1 Å². The van der Waals surface area contributed by atoms with E-state index >= 15 is 0 Å². The van der Waals surface area contributed by atoms with Gasteiger partial charge in [-0.05, 0) is 37.3 Å². The molecule has 1 heterocycles. The molecule has 1 fully saturated rings. The normalized spacial score (nSPS) is 16.0. The Morgan fingerprint density at radius 1 is 1.24 bits per heavy atom.